The summed E-state index contributed by atoms with van der Waals surface area (Å²) in [6.45, 7) is 4.79. The molecule has 0 saturated carbocycles. The highest BCUT2D eigenvalue weighted by molar-refractivity contribution is 9.10. The van der Waals surface area contributed by atoms with Crippen LogP contribution in [0.15, 0.2) is 22.7 Å². The van der Waals surface area contributed by atoms with Crippen LogP contribution in [-0.4, -0.2) is 30.4 Å². The number of carbonyl (C=O) groups excluding carboxylic acids is 1. The van der Waals surface area contributed by atoms with Crippen molar-refractivity contribution in [1.82, 2.24) is 4.90 Å². The van der Waals surface area contributed by atoms with E-state index in [2.05, 4.69) is 29.8 Å². The maximum Gasteiger partial charge on any atom is 0.255 e. The van der Waals surface area contributed by atoms with Gasteiger partial charge in [-0.3, -0.25) is 4.79 Å². The van der Waals surface area contributed by atoms with E-state index in [1.165, 1.54) is 0 Å². The molecule has 0 aliphatic heterocycles. The molecular formula is C14H21BrCl2N2O. The highest BCUT2D eigenvalue weighted by atomic mass is 79.9. The predicted molar refractivity (Wildman–Crippen MR) is 90.8 cm³/mol. The van der Waals surface area contributed by atoms with Gasteiger partial charge in [-0.05, 0) is 30.5 Å². The van der Waals surface area contributed by atoms with Gasteiger partial charge >= 0.3 is 0 Å². The van der Waals surface area contributed by atoms with Crippen molar-refractivity contribution < 1.29 is 4.79 Å². The summed E-state index contributed by atoms with van der Waals surface area (Å²) in [5.41, 5.74) is 6.50. The first kappa shape index (κ1) is 19.7. The molecule has 0 aliphatic carbocycles. The number of rotatable bonds is 5. The van der Waals surface area contributed by atoms with Gasteiger partial charge in [-0.1, -0.05) is 41.4 Å². The molecule has 1 unspecified atom stereocenters. The van der Waals surface area contributed by atoms with Gasteiger partial charge in [0, 0.05) is 24.1 Å². The summed E-state index contributed by atoms with van der Waals surface area (Å²) in [7, 11) is 1.77. The van der Waals surface area contributed by atoms with Gasteiger partial charge in [0.15, 0.2) is 0 Å². The Bertz CT molecular complexity index is 455. The molecule has 0 spiro atoms. The fraction of sp³-hybridized carbons (Fsp3) is 0.500. The quantitative estimate of drug-likeness (QED) is 0.835. The molecule has 0 heterocycles. The molecule has 0 bridgehead atoms. The molecule has 1 rings (SSSR count). The Morgan fingerprint density at radius 3 is 2.55 bits per heavy atom. The van der Waals surface area contributed by atoms with Crippen molar-refractivity contribution >= 4 is 45.8 Å². The van der Waals surface area contributed by atoms with E-state index in [9.17, 15) is 4.79 Å². The van der Waals surface area contributed by atoms with E-state index in [4.69, 9.17) is 17.3 Å². The number of halogens is 3. The smallest absolute Gasteiger partial charge is 0.255 e. The molecule has 1 aromatic carbocycles. The van der Waals surface area contributed by atoms with Crippen LogP contribution < -0.4 is 5.73 Å². The number of carbonyl (C=O) groups is 1. The number of benzene rings is 1. The second-order valence-corrected chi connectivity index (χ2v) is 6.37. The van der Waals surface area contributed by atoms with E-state index >= 15 is 0 Å². The standard InChI is InChI=1S/C14H20BrClN2O.ClH/c1-9(2)13(17)6-7-18(3)14(19)11-5-4-10(15)8-12(11)16;/h4-5,8-9,13H,6-7,17H2,1-3H3;1H. The Morgan fingerprint density at radius 1 is 1.45 bits per heavy atom. The number of hydrogen-bond acceptors (Lipinski definition) is 2. The van der Waals surface area contributed by atoms with Gasteiger partial charge in [-0.15, -0.1) is 12.4 Å². The second-order valence-electron chi connectivity index (χ2n) is 5.05. The topological polar surface area (TPSA) is 46.3 Å². The molecule has 20 heavy (non-hydrogen) atoms. The van der Waals surface area contributed by atoms with Crippen molar-refractivity contribution in [1.29, 1.82) is 0 Å². The summed E-state index contributed by atoms with van der Waals surface area (Å²) >= 11 is 9.40. The molecule has 0 aliphatic rings. The van der Waals surface area contributed by atoms with Crippen LogP contribution in [-0.2, 0) is 0 Å². The Hall–Kier alpha value is -0.290. The van der Waals surface area contributed by atoms with Gasteiger partial charge in [0.05, 0.1) is 10.6 Å². The zero-order valence-corrected chi connectivity index (χ0v) is 15.1. The zero-order chi connectivity index (χ0) is 14.6. The molecule has 114 valence electrons. The second kappa shape index (κ2) is 8.88. The Labute approximate surface area is 140 Å². The molecule has 1 aromatic rings. The summed E-state index contributed by atoms with van der Waals surface area (Å²) in [4.78, 5) is 13.9. The lowest BCUT2D eigenvalue weighted by Crippen LogP contribution is -2.34. The van der Waals surface area contributed by atoms with Crippen LogP contribution in [0.3, 0.4) is 0 Å². The molecule has 1 amide bonds. The minimum Gasteiger partial charge on any atom is -0.342 e. The monoisotopic (exact) mass is 382 g/mol. The maximum absolute atomic E-state index is 12.2. The van der Waals surface area contributed by atoms with Crippen molar-refractivity contribution in [3.63, 3.8) is 0 Å². The lowest BCUT2D eigenvalue weighted by molar-refractivity contribution is 0.0789. The van der Waals surface area contributed by atoms with Crippen molar-refractivity contribution in [2.24, 2.45) is 11.7 Å². The Kier molecular flexibility index (Phi) is 8.75. The minimum atomic E-state index is -0.0755. The first-order valence-corrected chi connectivity index (χ1v) is 7.46. The number of hydrogen-bond donors (Lipinski definition) is 1. The first-order chi connectivity index (χ1) is 8.82. The maximum atomic E-state index is 12.2. The van der Waals surface area contributed by atoms with E-state index in [1.54, 1.807) is 24.1 Å². The predicted octanol–water partition coefficient (Wildman–Crippen LogP) is 3.97. The van der Waals surface area contributed by atoms with E-state index in [0.29, 0.717) is 23.0 Å². The highest BCUT2D eigenvalue weighted by Crippen LogP contribution is 2.22. The van der Waals surface area contributed by atoms with Crippen LogP contribution in [0, 0.1) is 5.92 Å². The van der Waals surface area contributed by atoms with Crippen LogP contribution in [0.5, 0.6) is 0 Å². The number of nitrogens with zero attached hydrogens (tertiary/aromatic N) is 1. The number of nitrogens with two attached hydrogens (primary N) is 1. The first-order valence-electron chi connectivity index (χ1n) is 6.29. The number of amides is 1. The third-order valence-corrected chi connectivity index (χ3v) is 3.97. The van der Waals surface area contributed by atoms with Crippen LogP contribution in [0.1, 0.15) is 30.6 Å². The largest absolute Gasteiger partial charge is 0.342 e. The van der Waals surface area contributed by atoms with Crippen LogP contribution in [0.25, 0.3) is 0 Å². The summed E-state index contributed by atoms with van der Waals surface area (Å²) in [5.74, 6) is 0.341. The van der Waals surface area contributed by atoms with Gasteiger partial charge in [0.1, 0.15) is 0 Å². The lowest BCUT2D eigenvalue weighted by atomic mass is 10.0. The third-order valence-electron chi connectivity index (χ3n) is 3.16. The van der Waals surface area contributed by atoms with Gasteiger partial charge in [0.25, 0.3) is 5.91 Å². The fourth-order valence-corrected chi connectivity index (χ4v) is 2.40. The Balaban J connectivity index is 0.00000361. The summed E-state index contributed by atoms with van der Waals surface area (Å²) in [5, 5.41) is 0.458. The molecule has 0 fully saturated rings. The summed E-state index contributed by atoms with van der Waals surface area (Å²) in [6, 6.07) is 5.37. The summed E-state index contributed by atoms with van der Waals surface area (Å²) < 4.78 is 0.860. The van der Waals surface area contributed by atoms with E-state index in [0.717, 1.165) is 10.9 Å². The van der Waals surface area contributed by atoms with E-state index < -0.39 is 0 Å². The minimum absolute atomic E-state index is 0. The summed E-state index contributed by atoms with van der Waals surface area (Å²) in [6.07, 6.45) is 0.786. The van der Waals surface area contributed by atoms with Crippen LogP contribution in [0.2, 0.25) is 5.02 Å². The van der Waals surface area contributed by atoms with Crippen LogP contribution in [0.4, 0.5) is 0 Å². The third kappa shape index (κ3) is 5.60. The SMILES string of the molecule is CC(C)C(N)CCN(C)C(=O)c1ccc(Br)cc1Cl.Cl. The molecule has 6 heteroatoms. The molecule has 0 radical (unpaired) electrons. The molecule has 1 atom stereocenters. The van der Waals surface area contributed by atoms with Crippen molar-refractivity contribution in [3.05, 3.63) is 33.3 Å². The molecule has 2 N–H and O–H groups in total. The average Bonchev–Trinajstić information content (AvgIpc) is 2.34. The van der Waals surface area contributed by atoms with Crippen molar-refractivity contribution in [2.75, 3.05) is 13.6 Å². The molecule has 0 saturated heterocycles. The van der Waals surface area contributed by atoms with E-state index in [-0.39, 0.29) is 24.4 Å². The zero-order valence-electron chi connectivity index (χ0n) is 11.9. The average molecular weight is 384 g/mol. The van der Waals surface area contributed by atoms with E-state index in [1.807, 2.05) is 6.07 Å². The van der Waals surface area contributed by atoms with Gasteiger partial charge in [-0.2, -0.15) is 0 Å². The Morgan fingerprint density at radius 2 is 2.05 bits per heavy atom. The van der Waals surface area contributed by atoms with Crippen LogP contribution >= 0.6 is 39.9 Å². The molecule has 3 nitrogen and oxygen atoms in total. The van der Waals surface area contributed by atoms with Gasteiger partial charge < -0.3 is 10.6 Å². The van der Waals surface area contributed by atoms with Crippen molar-refractivity contribution in [3.8, 4) is 0 Å². The molecular weight excluding hydrogens is 363 g/mol. The highest BCUT2D eigenvalue weighted by Gasteiger charge is 2.16. The molecule has 0 aromatic heterocycles. The van der Waals surface area contributed by atoms with Gasteiger partial charge in [-0.25, -0.2) is 0 Å². The van der Waals surface area contributed by atoms with Crippen molar-refractivity contribution in [2.45, 2.75) is 26.3 Å². The van der Waals surface area contributed by atoms with Gasteiger partial charge in [0.2, 0.25) is 0 Å². The lowest BCUT2D eigenvalue weighted by Gasteiger charge is -2.22. The normalized spacial score (nSPS) is 11.9. The fourth-order valence-electron chi connectivity index (χ4n) is 1.65.